The SMILES string of the molecule is CN(C)C(=O)[C@]1(Cc2cc(C3CCCCC3)no2)CCN(C(=O)CCC2CCCC2)C1. The van der Waals surface area contributed by atoms with Crippen LogP contribution in [0.5, 0.6) is 0 Å². The summed E-state index contributed by atoms with van der Waals surface area (Å²) in [7, 11) is 3.62. The lowest BCUT2D eigenvalue weighted by Gasteiger charge is -2.30. The van der Waals surface area contributed by atoms with Gasteiger partial charge in [0.15, 0.2) is 0 Å². The number of likely N-dealkylation sites (tertiary alicyclic amines) is 1. The van der Waals surface area contributed by atoms with Gasteiger partial charge in [-0.05, 0) is 31.6 Å². The van der Waals surface area contributed by atoms with Crippen LogP contribution in [0.25, 0.3) is 0 Å². The molecule has 1 saturated heterocycles. The van der Waals surface area contributed by atoms with Crippen molar-refractivity contribution in [2.45, 2.75) is 89.4 Å². The molecule has 1 aromatic heterocycles. The van der Waals surface area contributed by atoms with Gasteiger partial charge in [-0.2, -0.15) is 0 Å². The number of carbonyl (C=O) groups is 2. The number of aromatic nitrogens is 1. The molecule has 3 aliphatic rings. The van der Waals surface area contributed by atoms with Crippen molar-refractivity contribution in [1.82, 2.24) is 15.0 Å². The van der Waals surface area contributed by atoms with Crippen molar-refractivity contribution in [3.63, 3.8) is 0 Å². The maximum Gasteiger partial charge on any atom is 0.230 e. The Bertz CT molecular complexity index is 762. The summed E-state index contributed by atoms with van der Waals surface area (Å²) >= 11 is 0. The predicted molar refractivity (Wildman–Crippen MR) is 120 cm³/mol. The van der Waals surface area contributed by atoms with E-state index in [1.165, 1.54) is 57.8 Å². The lowest BCUT2D eigenvalue weighted by Crippen LogP contribution is -2.44. The Morgan fingerprint density at radius 2 is 1.84 bits per heavy atom. The number of amides is 2. The lowest BCUT2D eigenvalue weighted by molar-refractivity contribution is -0.140. The highest BCUT2D eigenvalue weighted by Gasteiger charge is 2.47. The van der Waals surface area contributed by atoms with E-state index in [1.807, 2.05) is 19.0 Å². The van der Waals surface area contributed by atoms with Crippen LogP contribution < -0.4 is 0 Å². The maximum absolute atomic E-state index is 13.2. The van der Waals surface area contributed by atoms with Crippen LogP contribution in [-0.2, 0) is 16.0 Å². The van der Waals surface area contributed by atoms with Gasteiger partial charge in [0, 0.05) is 52.0 Å². The second kappa shape index (κ2) is 9.74. The first-order chi connectivity index (χ1) is 15.0. The van der Waals surface area contributed by atoms with Gasteiger partial charge in [-0.1, -0.05) is 50.1 Å². The molecule has 0 radical (unpaired) electrons. The van der Waals surface area contributed by atoms with Crippen LogP contribution in [0.15, 0.2) is 10.6 Å². The molecule has 2 aliphatic carbocycles. The zero-order chi connectivity index (χ0) is 21.8. The van der Waals surface area contributed by atoms with E-state index in [0.29, 0.717) is 44.2 Å². The average Bonchev–Trinajstić information content (AvgIpc) is 3.54. The Labute approximate surface area is 186 Å². The first-order valence-corrected chi connectivity index (χ1v) is 12.4. The molecule has 0 spiro atoms. The van der Waals surface area contributed by atoms with Crippen LogP contribution in [-0.4, -0.2) is 54.0 Å². The fourth-order valence-corrected chi connectivity index (χ4v) is 6.08. The van der Waals surface area contributed by atoms with Crippen LogP contribution >= 0.6 is 0 Å². The van der Waals surface area contributed by atoms with Crippen molar-refractivity contribution in [1.29, 1.82) is 0 Å². The summed E-state index contributed by atoms with van der Waals surface area (Å²) < 4.78 is 5.72. The van der Waals surface area contributed by atoms with Crippen molar-refractivity contribution in [3.05, 3.63) is 17.5 Å². The van der Waals surface area contributed by atoms with Gasteiger partial charge < -0.3 is 14.3 Å². The second-order valence-electron chi connectivity index (χ2n) is 10.5. The molecular weight excluding hydrogens is 390 g/mol. The molecule has 0 bridgehead atoms. The van der Waals surface area contributed by atoms with E-state index in [2.05, 4.69) is 11.2 Å². The van der Waals surface area contributed by atoms with Gasteiger partial charge in [0.2, 0.25) is 11.8 Å². The predicted octanol–water partition coefficient (Wildman–Crippen LogP) is 4.54. The Hall–Kier alpha value is -1.85. The fraction of sp³-hybridized carbons (Fsp3) is 0.800. The van der Waals surface area contributed by atoms with Crippen LogP contribution in [0, 0.1) is 11.3 Å². The fourth-order valence-electron chi connectivity index (χ4n) is 6.08. The third-order valence-electron chi connectivity index (χ3n) is 7.92. The smallest absolute Gasteiger partial charge is 0.230 e. The van der Waals surface area contributed by atoms with Crippen molar-refractivity contribution >= 4 is 11.8 Å². The van der Waals surface area contributed by atoms with Gasteiger partial charge in [0.25, 0.3) is 0 Å². The average molecular weight is 430 g/mol. The van der Waals surface area contributed by atoms with E-state index in [1.54, 1.807) is 4.90 Å². The largest absolute Gasteiger partial charge is 0.361 e. The van der Waals surface area contributed by atoms with Gasteiger partial charge in [-0.15, -0.1) is 0 Å². The van der Waals surface area contributed by atoms with Gasteiger partial charge in [0.1, 0.15) is 5.76 Å². The summed E-state index contributed by atoms with van der Waals surface area (Å²) in [5.41, 5.74) is 0.445. The third-order valence-corrected chi connectivity index (χ3v) is 7.92. The van der Waals surface area contributed by atoms with Gasteiger partial charge in [-0.25, -0.2) is 0 Å². The number of carbonyl (C=O) groups excluding carboxylic acids is 2. The molecule has 3 fully saturated rings. The van der Waals surface area contributed by atoms with Crippen molar-refractivity contribution < 1.29 is 14.1 Å². The quantitative estimate of drug-likeness (QED) is 0.638. The van der Waals surface area contributed by atoms with Gasteiger partial charge in [0.05, 0.1) is 11.1 Å². The summed E-state index contributed by atoms with van der Waals surface area (Å²) in [6, 6.07) is 2.07. The standard InChI is InChI=1S/C25H39N3O3/c1-27(2)24(30)25(17-21-16-22(26-31-21)20-10-4-3-5-11-20)14-15-28(18-25)23(29)13-12-19-8-6-7-9-19/h16,19-20H,3-15,17-18H2,1-2H3/t25-/m0/s1. The van der Waals surface area contributed by atoms with Gasteiger partial charge >= 0.3 is 0 Å². The molecule has 172 valence electrons. The summed E-state index contributed by atoms with van der Waals surface area (Å²) in [4.78, 5) is 29.7. The minimum atomic E-state index is -0.601. The molecule has 1 aromatic rings. The normalized spacial score (nSPS) is 25.3. The van der Waals surface area contributed by atoms with Crippen LogP contribution in [0.2, 0.25) is 0 Å². The Balaban J connectivity index is 1.42. The molecule has 2 saturated carbocycles. The molecule has 1 aliphatic heterocycles. The van der Waals surface area contributed by atoms with Crippen molar-refractivity contribution in [2.24, 2.45) is 11.3 Å². The van der Waals surface area contributed by atoms with E-state index in [9.17, 15) is 9.59 Å². The maximum atomic E-state index is 13.2. The van der Waals surface area contributed by atoms with Crippen LogP contribution in [0.3, 0.4) is 0 Å². The van der Waals surface area contributed by atoms with Crippen LogP contribution in [0.4, 0.5) is 0 Å². The Morgan fingerprint density at radius 3 is 2.55 bits per heavy atom. The summed E-state index contributed by atoms with van der Waals surface area (Å²) in [6.45, 7) is 1.15. The van der Waals surface area contributed by atoms with E-state index in [4.69, 9.17) is 4.52 Å². The highest BCUT2D eigenvalue weighted by molar-refractivity contribution is 5.85. The lowest BCUT2D eigenvalue weighted by atomic mass is 9.80. The molecule has 0 unspecified atom stereocenters. The van der Waals surface area contributed by atoms with Crippen LogP contribution in [0.1, 0.15) is 94.4 Å². The van der Waals surface area contributed by atoms with Gasteiger partial charge in [-0.3, -0.25) is 9.59 Å². The van der Waals surface area contributed by atoms with E-state index in [-0.39, 0.29) is 11.8 Å². The third kappa shape index (κ3) is 5.15. The first-order valence-electron chi connectivity index (χ1n) is 12.4. The topological polar surface area (TPSA) is 66.7 Å². The van der Waals surface area contributed by atoms with Crippen molar-refractivity contribution in [2.75, 3.05) is 27.2 Å². The molecule has 0 N–H and O–H groups in total. The summed E-state index contributed by atoms with van der Waals surface area (Å²) in [5.74, 6) is 2.29. The zero-order valence-electron chi connectivity index (χ0n) is 19.4. The number of nitrogens with zero attached hydrogens (tertiary/aromatic N) is 3. The van der Waals surface area contributed by atoms with E-state index >= 15 is 0 Å². The summed E-state index contributed by atoms with van der Waals surface area (Å²) in [5, 5.41) is 4.36. The monoisotopic (exact) mass is 429 g/mol. The molecule has 31 heavy (non-hydrogen) atoms. The minimum Gasteiger partial charge on any atom is -0.361 e. The number of hydrogen-bond acceptors (Lipinski definition) is 4. The Kier molecular flexibility index (Phi) is 7.02. The molecule has 6 nitrogen and oxygen atoms in total. The summed E-state index contributed by atoms with van der Waals surface area (Å²) in [6.07, 6.45) is 14.2. The highest BCUT2D eigenvalue weighted by atomic mass is 16.5. The zero-order valence-corrected chi connectivity index (χ0v) is 19.4. The highest BCUT2D eigenvalue weighted by Crippen LogP contribution is 2.38. The number of rotatable bonds is 7. The molecule has 2 heterocycles. The molecule has 4 rings (SSSR count). The molecule has 0 aromatic carbocycles. The molecular formula is C25H39N3O3. The van der Waals surface area contributed by atoms with E-state index in [0.717, 1.165) is 17.9 Å². The molecule has 1 atom stereocenters. The van der Waals surface area contributed by atoms with E-state index < -0.39 is 5.41 Å². The molecule has 2 amide bonds. The molecule has 6 heteroatoms. The van der Waals surface area contributed by atoms with Crippen molar-refractivity contribution in [3.8, 4) is 0 Å². The first kappa shape index (κ1) is 22.3. The minimum absolute atomic E-state index is 0.0919. The second-order valence-corrected chi connectivity index (χ2v) is 10.5. The Morgan fingerprint density at radius 1 is 1.13 bits per heavy atom. The number of hydrogen-bond donors (Lipinski definition) is 0.